The van der Waals surface area contributed by atoms with Crippen molar-refractivity contribution in [2.24, 2.45) is 5.92 Å². The summed E-state index contributed by atoms with van der Waals surface area (Å²) in [4.78, 5) is 12.7. The van der Waals surface area contributed by atoms with Crippen molar-refractivity contribution in [3.63, 3.8) is 0 Å². The summed E-state index contributed by atoms with van der Waals surface area (Å²) < 4.78 is 1.79. The van der Waals surface area contributed by atoms with Gasteiger partial charge in [-0.2, -0.15) is 0 Å². The Morgan fingerprint density at radius 2 is 1.64 bits per heavy atom. The zero-order chi connectivity index (χ0) is 15.5. The molecule has 0 aliphatic heterocycles. The third-order valence-electron chi connectivity index (χ3n) is 3.85. The predicted molar refractivity (Wildman–Crippen MR) is 93.5 cm³/mol. The number of rotatable bonds is 4. The fourth-order valence-electron chi connectivity index (χ4n) is 2.71. The lowest BCUT2D eigenvalue weighted by atomic mass is 10.0. The van der Waals surface area contributed by atoms with Crippen molar-refractivity contribution >= 4 is 22.4 Å². The average molecular weight is 312 g/mol. The monoisotopic (exact) mass is 311 g/mol. The van der Waals surface area contributed by atoms with Crippen LogP contribution in [0.4, 0.5) is 0 Å². The Labute approximate surface area is 135 Å². The Bertz CT molecular complexity index is 839. The lowest BCUT2D eigenvalue weighted by molar-refractivity contribution is 0.518. The molecule has 0 bridgehead atoms. The van der Waals surface area contributed by atoms with Gasteiger partial charge in [0, 0.05) is 29.6 Å². The Morgan fingerprint density at radius 3 is 2.32 bits per heavy atom. The molecule has 0 aliphatic carbocycles. The Balaban J connectivity index is 2.27. The van der Waals surface area contributed by atoms with Crippen LogP contribution in [0.2, 0.25) is 0 Å². The first-order valence-corrected chi connectivity index (χ1v) is 7.97. The van der Waals surface area contributed by atoms with E-state index in [0.29, 0.717) is 12.4 Å². The van der Waals surface area contributed by atoms with E-state index in [-0.39, 0.29) is 11.5 Å². The lowest BCUT2D eigenvalue weighted by Crippen LogP contribution is -2.23. The Hall–Kier alpha value is -2.06. The van der Waals surface area contributed by atoms with E-state index in [1.165, 1.54) is 0 Å². The summed E-state index contributed by atoms with van der Waals surface area (Å²) in [5.41, 5.74) is 2.25. The van der Waals surface area contributed by atoms with Crippen LogP contribution in [-0.4, -0.2) is 10.4 Å². The van der Waals surface area contributed by atoms with Crippen LogP contribution in [0, 0.1) is 5.92 Å². The third kappa shape index (κ3) is 2.79. The number of halogens is 1. The number of alkyl halides is 1. The molecular weight excluding hydrogens is 294 g/mol. The summed E-state index contributed by atoms with van der Waals surface area (Å²) in [6, 6.07) is 18.0. The van der Waals surface area contributed by atoms with Crippen LogP contribution in [-0.2, 0) is 6.54 Å². The Kier molecular flexibility index (Phi) is 4.30. The summed E-state index contributed by atoms with van der Waals surface area (Å²) in [6.45, 7) is 2.68. The largest absolute Gasteiger partial charge is 0.314 e. The molecule has 3 aromatic rings. The van der Waals surface area contributed by atoms with Gasteiger partial charge in [0.15, 0.2) is 0 Å². The number of hydrogen-bond acceptors (Lipinski definition) is 1. The van der Waals surface area contributed by atoms with E-state index in [0.717, 1.165) is 21.9 Å². The minimum Gasteiger partial charge on any atom is -0.314 e. The first-order valence-electron chi connectivity index (χ1n) is 7.44. The summed E-state index contributed by atoms with van der Waals surface area (Å²) in [5, 5.41) is 1.75. The lowest BCUT2D eigenvalue weighted by Gasteiger charge is -2.15. The molecule has 0 saturated heterocycles. The van der Waals surface area contributed by atoms with Crippen LogP contribution in [0.25, 0.3) is 21.9 Å². The minimum absolute atomic E-state index is 0.0484. The van der Waals surface area contributed by atoms with E-state index in [1.807, 2.05) is 48.7 Å². The summed E-state index contributed by atoms with van der Waals surface area (Å²) in [6.07, 6.45) is 1.96. The molecule has 0 saturated carbocycles. The maximum Gasteiger partial charge on any atom is 0.258 e. The first kappa shape index (κ1) is 14.9. The fraction of sp³-hybridized carbons (Fsp3) is 0.211. The highest BCUT2D eigenvalue weighted by molar-refractivity contribution is 6.18. The molecule has 3 rings (SSSR count). The van der Waals surface area contributed by atoms with Crippen LogP contribution in [0.5, 0.6) is 0 Å². The normalized spacial score (nSPS) is 12.5. The second-order valence-electron chi connectivity index (χ2n) is 5.67. The van der Waals surface area contributed by atoms with Crippen molar-refractivity contribution in [2.75, 3.05) is 5.88 Å². The van der Waals surface area contributed by atoms with Gasteiger partial charge in [-0.25, -0.2) is 0 Å². The van der Waals surface area contributed by atoms with Gasteiger partial charge in [0.2, 0.25) is 0 Å². The van der Waals surface area contributed by atoms with Crippen molar-refractivity contribution in [3.8, 4) is 11.1 Å². The van der Waals surface area contributed by atoms with Crippen LogP contribution in [0.3, 0.4) is 0 Å². The van der Waals surface area contributed by atoms with Gasteiger partial charge in [-0.15, -0.1) is 11.6 Å². The molecule has 0 spiro atoms. The van der Waals surface area contributed by atoms with Gasteiger partial charge in [0.25, 0.3) is 5.56 Å². The van der Waals surface area contributed by atoms with E-state index in [9.17, 15) is 4.79 Å². The molecule has 0 N–H and O–H groups in total. The van der Waals surface area contributed by atoms with Gasteiger partial charge in [0.05, 0.1) is 0 Å². The van der Waals surface area contributed by atoms with Gasteiger partial charge in [-0.05, 0) is 22.9 Å². The van der Waals surface area contributed by atoms with Gasteiger partial charge in [0.1, 0.15) is 0 Å². The van der Waals surface area contributed by atoms with Gasteiger partial charge in [-0.3, -0.25) is 4.79 Å². The van der Waals surface area contributed by atoms with Crippen molar-refractivity contribution in [2.45, 2.75) is 13.5 Å². The molecule has 0 aliphatic rings. The molecule has 2 nitrogen and oxygen atoms in total. The third-order valence-corrected chi connectivity index (χ3v) is 4.38. The highest BCUT2D eigenvalue weighted by atomic mass is 35.5. The van der Waals surface area contributed by atoms with Crippen molar-refractivity contribution in [1.29, 1.82) is 0 Å². The molecule has 112 valence electrons. The molecule has 0 amide bonds. The molecule has 2 aromatic carbocycles. The fourth-order valence-corrected chi connectivity index (χ4v) is 2.81. The van der Waals surface area contributed by atoms with Crippen molar-refractivity contribution in [3.05, 3.63) is 71.1 Å². The zero-order valence-corrected chi connectivity index (χ0v) is 13.3. The number of benzene rings is 2. The van der Waals surface area contributed by atoms with Gasteiger partial charge < -0.3 is 4.57 Å². The second-order valence-corrected chi connectivity index (χ2v) is 5.98. The first-order chi connectivity index (χ1) is 10.7. The van der Waals surface area contributed by atoms with E-state index in [4.69, 9.17) is 11.6 Å². The molecule has 0 radical (unpaired) electrons. The predicted octanol–water partition coefficient (Wildman–Crippen LogP) is 4.54. The van der Waals surface area contributed by atoms with Crippen LogP contribution < -0.4 is 5.56 Å². The van der Waals surface area contributed by atoms with E-state index in [2.05, 4.69) is 19.1 Å². The van der Waals surface area contributed by atoms with E-state index in [1.54, 1.807) is 4.57 Å². The quantitative estimate of drug-likeness (QED) is 0.648. The smallest absolute Gasteiger partial charge is 0.258 e. The average Bonchev–Trinajstić information content (AvgIpc) is 2.58. The maximum atomic E-state index is 12.7. The van der Waals surface area contributed by atoms with Gasteiger partial charge >= 0.3 is 0 Å². The summed E-state index contributed by atoms with van der Waals surface area (Å²) >= 11 is 5.91. The number of nitrogens with zero attached hydrogens (tertiary/aromatic N) is 1. The topological polar surface area (TPSA) is 22.0 Å². The molecular formula is C19H18ClNO. The van der Waals surface area contributed by atoms with E-state index >= 15 is 0 Å². The van der Waals surface area contributed by atoms with Crippen LogP contribution >= 0.6 is 11.6 Å². The number of aromatic nitrogens is 1. The zero-order valence-electron chi connectivity index (χ0n) is 12.5. The highest BCUT2D eigenvalue weighted by Gasteiger charge is 2.11. The summed E-state index contributed by atoms with van der Waals surface area (Å²) in [7, 11) is 0. The molecule has 3 heteroatoms. The number of hydrogen-bond donors (Lipinski definition) is 0. The highest BCUT2D eigenvalue weighted by Crippen LogP contribution is 2.26. The Morgan fingerprint density at radius 1 is 1.00 bits per heavy atom. The second kappa shape index (κ2) is 6.37. The SMILES string of the molecule is CC(CCl)Cn1cc(-c2ccccc2)c2ccccc2c1=O. The van der Waals surface area contributed by atoms with E-state index < -0.39 is 0 Å². The molecule has 1 aromatic heterocycles. The maximum absolute atomic E-state index is 12.7. The van der Waals surface area contributed by atoms with Crippen LogP contribution in [0.15, 0.2) is 65.6 Å². The van der Waals surface area contributed by atoms with Crippen LogP contribution in [0.1, 0.15) is 6.92 Å². The standard InChI is InChI=1S/C19H18ClNO/c1-14(11-20)12-21-13-18(15-7-3-2-4-8-15)16-9-5-6-10-17(16)19(21)22/h2-10,13-14H,11-12H2,1H3. The molecule has 1 unspecified atom stereocenters. The minimum atomic E-state index is 0.0484. The molecule has 1 atom stereocenters. The van der Waals surface area contributed by atoms with Crippen molar-refractivity contribution in [1.82, 2.24) is 4.57 Å². The van der Waals surface area contributed by atoms with Gasteiger partial charge in [-0.1, -0.05) is 55.5 Å². The molecule has 22 heavy (non-hydrogen) atoms. The number of fused-ring (bicyclic) bond motifs is 1. The van der Waals surface area contributed by atoms with Crippen molar-refractivity contribution < 1.29 is 0 Å². The molecule has 0 fully saturated rings. The summed E-state index contributed by atoms with van der Waals surface area (Å²) in [5.74, 6) is 0.795. The number of pyridine rings is 1. The molecule has 1 heterocycles.